The predicted octanol–water partition coefficient (Wildman–Crippen LogP) is 2.99. The summed E-state index contributed by atoms with van der Waals surface area (Å²) in [5.74, 6) is 3.71. The molecule has 98 valence electrons. The van der Waals surface area contributed by atoms with Crippen LogP contribution < -0.4 is 10.2 Å². The summed E-state index contributed by atoms with van der Waals surface area (Å²) < 4.78 is 0. The fourth-order valence-electron chi connectivity index (χ4n) is 2.68. The van der Waals surface area contributed by atoms with Crippen LogP contribution >= 0.6 is 11.8 Å². The minimum atomic E-state index is 0.644. The van der Waals surface area contributed by atoms with Gasteiger partial charge in [0.25, 0.3) is 0 Å². The van der Waals surface area contributed by atoms with Crippen molar-refractivity contribution in [3.63, 3.8) is 0 Å². The van der Waals surface area contributed by atoms with E-state index in [-0.39, 0.29) is 0 Å². The lowest BCUT2D eigenvalue weighted by Crippen LogP contribution is -2.24. The fraction of sp³-hybridized carbons (Fsp3) is 0.643. The number of aromatic nitrogens is 1. The molecule has 0 unspecified atom stereocenters. The lowest BCUT2D eigenvalue weighted by molar-refractivity contribution is 0.666. The van der Waals surface area contributed by atoms with E-state index < -0.39 is 0 Å². The lowest BCUT2D eigenvalue weighted by atomic mass is 10.1. The summed E-state index contributed by atoms with van der Waals surface area (Å²) in [7, 11) is 0. The van der Waals surface area contributed by atoms with Crippen molar-refractivity contribution in [2.75, 3.05) is 34.8 Å². The summed E-state index contributed by atoms with van der Waals surface area (Å²) in [6.07, 6.45) is 7.16. The molecule has 2 fully saturated rings. The maximum absolute atomic E-state index is 4.58. The minimum absolute atomic E-state index is 0.644. The second-order valence-electron chi connectivity index (χ2n) is 5.13. The van der Waals surface area contributed by atoms with E-state index in [0.29, 0.717) is 6.04 Å². The van der Waals surface area contributed by atoms with E-state index in [4.69, 9.17) is 0 Å². The van der Waals surface area contributed by atoms with E-state index >= 15 is 0 Å². The van der Waals surface area contributed by atoms with Crippen LogP contribution in [0.2, 0.25) is 0 Å². The monoisotopic (exact) mass is 263 g/mol. The van der Waals surface area contributed by atoms with Gasteiger partial charge in [-0.05, 0) is 49.3 Å². The number of nitrogens with zero attached hydrogens (tertiary/aromatic N) is 2. The molecular formula is C14H21N3S. The zero-order chi connectivity index (χ0) is 12.2. The van der Waals surface area contributed by atoms with Crippen LogP contribution in [0.4, 0.5) is 11.5 Å². The molecular weight excluding hydrogens is 242 g/mol. The molecule has 1 aromatic rings. The largest absolute Gasteiger partial charge is 0.381 e. The first-order chi connectivity index (χ1) is 8.92. The van der Waals surface area contributed by atoms with Crippen molar-refractivity contribution in [1.82, 2.24) is 4.98 Å². The predicted molar refractivity (Wildman–Crippen MR) is 79.7 cm³/mol. The van der Waals surface area contributed by atoms with E-state index in [1.54, 1.807) is 0 Å². The average molecular weight is 263 g/mol. The third-order valence-electron chi connectivity index (χ3n) is 3.77. The number of hydrogen-bond acceptors (Lipinski definition) is 4. The van der Waals surface area contributed by atoms with Crippen molar-refractivity contribution in [1.29, 1.82) is 0 Å². The molecule has 0 bridgehead atoms. The van der Waals surface area contributed by atoms with Crippen molar-refractivity contribution in [2.24, 2.45) is 0 Å². The minimum Gasteiger partial charge on any atom is -0.381 e. The van der Waals surface area contributed by atoms with Crippen molar-refractivity contribution in [3.8, 4) is 0 Å². The Balaban J connectivity index is 1.59. The van der Waals surface area contributed by atoms with Gasteiger partial charge in [-0.1, -0.05) is 0 Å². The molecule has 0 radical (unpaired) electrons. The number of nitrogens with one attached hydrogen (secondary N) is 1. The van der Waals surface area contributed by atoms with Gasteiger partial charge in [0.05, 0.1) is 11.9 Å². The van der Waals surface area contributed by atoms with Gasteiger partial charge in [-0.15, -0.1) is 0 Å². The number of pyridine rings is 1. The van der Waals surface area contributed by atoms with E-state index in [2.05, 4.69) is 39.1 Å². The highest BCUT2D eigenvalue weighted by atomic mass is 32.2. The van der Waals surface area contributed by atoms with Gasteiger partial charge < -0.3 is 10.2 Å². The van der Waals surface area contributed by atoms with Crippen LogP contribution in [0.1, 0.15) is 25.7 Å². The first-order valence-electron chi connectivity index (χ1n) is 6.97. The molecule has 4 heteroatoms. The van der Waals surface area contributed by atoms with Gasteiger partial charge in [0, 0.05) is 19.1 Å². The van der Waals surface area contributed by atoms with E-state index in [1.165, 1.54) is 56.0 Å². The van der Waals surface area contributed by atoms with Crippen LogP contribution in [0.3, 0.4) is 0 Å². The van der Waals surface area contributed by atoms with Gasteiger partial charge in [-0.25, -0.2) is 4.98 Å². The molecule has 1 N–H and O–H groups in total. The first kappa shape index (κ1) is 12.2. The Morgan fingerprint density at radius 3 is 2.61 bits per heavy atom. The van der Waals surface area contributed by atoms with Crippen LogP contribution in [0.5, 0.6) is 0 Å². The highest BCUT2D eigenvalue weighted by Crippen LogP contribution is 2.22. The van der Waals surface area contributed by atoms with Gasteiger partial charge >= 0.3 is 0 Å². The summed E-state index contributed by atoms with van der Waals surface area (Å²) in [6, 6.07) is 4.99. The number of thioether (sulfide) groups is 1. The molecule has 0 aromatic carbocycles. The van der Waals surface area contributed by atoms with Crippen LogP contribution in [-0.2, 0) is 0 Å². The molecule has 18 heavy (non-hydrogen) atoms. The third kappa shape index (κ3) is 2.91. The first-order valence-corrected chi connectivity index (χ1v) is 8.12. The highest BCUT2D eigenvalue weighted by Gasteiger charge is 2.15. The third-order valence-corrected chi connectivity index (χ3v) is 4.82. The van der Waals surface area contributed by atoms with Gasteiger partial charge in [0.1, 0.15) is 5.82 Å². The van der Waals surface area contributed by atoms with Crippen molar-refractivity contribution in [3.05, 3.63) is 18.3 Å². The molecule has 0 aliphatic carbocycles. The molecule has 0 amide bonds. The SMILES string of the molecule is c1cc(N2CCCC2)ncc1NC1CCSCC1. The molecule has 3 nitrogen and oxygen atoms in total. The fourth-order valence-corrected chi connectivity index (χ4v) is 3.79. The Hall–Kier alpha value is -0.900. The van der Waals surface area contributed by atoms with Crippen LogP contribution in [-0.4, -0.2) is 35.6 Å². The van der Waals surface area contributed by atoms with Gasteiger partial charge in [0.2, 0.25) is 0 Å². The van der Waals surface area contributed by atoms with E-state index in [0.717, 1.165) is 5.82 Å². The van der Waals surface area contributed by atoms with E-state index in [1.807, 2.05) is 6.20 Å². The van der Waals surface area contributed by atoms with Crippen molar-refractivity contribution in [2.45, 2.75) is 31.7 Å². The van der Waals surface area contributed by atoms with Crippen LogP contribution in [0.15, 0.2) is 18.3 Å². The van der Waals surface area contributed by atoms with Gasteiger partial charge in [-0.3, -0.25) is 0 Å². The standard InChI is InChI=1S/C14H21N3S/c1-2-8-17(7-1)14-4-3-13(11-15-14)16-12-5-9-18-10-6-12/h3-4,11-12,16H,1-2,5-10H2. The second kappa shape index (κ2) is 5.83. The molecule has 1 aromatic heterocycles. The Morgan fingerprint density at radius 2 is 1.94 bits per heavy atom. The van der Waals surface area contributed by atoms with Crippen molar-refractivity contribution < 1.29 is 0 Å². The highest BCUT2D eigenvalue weighted by molar-refractivity contribution is 7.99. The zero-order valence-electron chi connectivity index (χ0n) is 10.8. The topological polar surface area (TPSA) is 28.2 Å². The lowest BCUT2D eigenvalue weighted by Gasteiger charge is -2.24. The summed E-state index contributed by atoms with van der Waals surface area (Å²) >= 11 is 2.07. The smallest absolute Gasteiger partial charge is 0.128 e. The van der Waals surface area contributed by atoms with Gasteiger partial charge in [-0.2, -0.15) is 11.8 Å². The molecule has 0 saturated carbocycles. The molecule has 2 saturated heterocycles. The normalized spacial score (nSPS) is 21.2. The number of rotatable bonds is 3. The molecule has 3 heterocycles. The molecule has 2 aliphatic heterocycles. The summed E-state index contributed by atoms with van der Waals surface area (Å²) in [6.45, 7) is 2.33. The molecule has 3 rings (SSSR count). The zero-order valence-corrected chi connectivity index (χ0v) is 11.6. The average Bonchev–Trinajstić information content (AvgIpc) is 2.95. The summed E-state index contributed by atoms with van der Waals surface area (Å²) in [4.78, 5) is 6.96. The van der Waals surface area contributed by atoms with Gasteiger partial charge in [0.15, 0.2) is 0 Å². The quantitative estimate of drug-likeness (QED) is 0.907. The van der Waals surface area contributed by atoms with Crippen LogP contribution in [0, 0.1) is 0 Å². The maximum Gasteiger partial charge on any atom is 0.128 e. The maximum atomic E-state index is 4.58. The number of anilines is 2. The van der Waals surface area contributed by atoms with Crippen molar-refractivity contribution >= 4 is 23.3 Å². The Bertz CT molecular complexity index is 367. The number of hydrogen-bond donors (Lipinski definition) is 1. The molecule has 0 atom stereocenters. The van der Waals surface area contributed by atoms with Crippen LogP contribution in [0.25, 0.3) is 0 Å². The summed E-state index contributed by atoms with van der Waals surface area (Å²) in [5, 5.41) is 3.60. The molecule has 0 spiro atoms. The second-order valence-corrected chi connectivity index (χ2v) is 6.35. The molecule has 2 aliphatic rings. The Morgan fingerprint density at radius 1 is 1.17 bits per heavy atom. The summed E-state index contributed by atoms with van der Waals surface area (Å²) in [5.41, 5.74) is 1.18. The Kier molecular flexibility index (Phi) is 3.93. The van der Waals surface area contributed by atoms with E-state index in [9.17, 15) is 0 Å². The Labute approximate surface area is 113 Å².